The number of hydrogen-bond donors (Lipinski definition) is 0. The molecule has 2 fully saturated rings. The summed E-state index contributed by atoms with van der Waals surface area (Å²) in [5.41, 5.74) is 1.02. The molecule has 1 aromatic rings. The van der Waals surface area contributed by atoms with Gasteiger partial charge in [-0.1, -0.05) is 24.3 Å². The molecule has 1 atom stereocenters. The summed E-state index contributed by atoms with van der Waals surface area (Å²) in [6.07, 6.45) is 0.639. The molecule has 6 heteroatoms. The summed E-state index contributed by atoms with van der Waals surface area (Å²) < 4.78 is 28.5. The minimum Gasteiger partial charge on any atom is -0.345 e. The third kappa shape index (κ3) is 3.53. The molecule has 2 aliphatic heterocycles. The molecule has 2 heterocycles. The summed E-state index contributed by atoms with van der Waals surface area (Å²) in [7, 11) is 1.63. The van der Waals surface area contributed by atoms with Crippen LogP contribution in [0.15, 0.2) is 24.3 Å². The molecule has 1 aromatic carbocycles. The molecule has 4 nitrogen and oxygen atoms in total. The van der Waals surface area contributed by atoms with E-state index in [1.807, 2.05) is 31.2 Å². The van der Waals surface area contributed by atoms with Gasteiger partial charge in [-0.15, -0.1) is 0 Å². The number of alkyl halides is 2. The van der Waals surface area contributed by atoms with Crippen molar-refractivity contribution < 1.29 is 18.4 Å². The molecule has 2 saturated heterocycles. The Morgan fingerprint density at radius 3 is 2.60 bits per heavy atom. The van der Waals surface area contributed by atoms with Gasteiger partial charge in [0.05, 0.1) is 12.0 Å². The van der Waals surface area contributed by atoms with Gasteiger partial charge in [0.25, 0.3) is 5.92 Å². The first kappa shape index (κ1) is 17.8. The fourth-order valence-corrected chi connectivity index (χ4v) is 4.08. The molecule has 2 amide bonds. The second-order valence-electron chi connectivity index (χ2n) is 7.47. The van der Waals surface area contributed by atoms with Crippen LogP contribution >= 0.6 is 0 Å². The highest BCUT2D eigenvalue weighted by atomic mass is 19.3. The van der Waals surface area contributed by atoms with Crippen molar-refractivity contribution in [1.82, 2.24) is 9.80 Å². The quantitative estimate of drug-likeness (QED) is 0.841. The van der Waals surface area contributed by atoms with Gasteiger partial charge < -0.3 is 9.80 Å². The van der Waals surface area contributed by atoms with Crippen LogP contribution < -0.4 is 0 Å². The van der Waals surface area contributed by atoms with Crippen molar-refractivity contribution in [3.63, 3.8) is 0 Å². The second kappa shape index (κ2) is 6.39. The van der Waals surface area contributed by atoms with Gasteiger partial charge in [-0.25, -0.2) is 8.78 Å². The number of benzene rings is 1. The highest BCUT2D eigenvalue weighted by molar-refractivity contribution is 5.86. The maximum atomic E-state index is 14.3. The average molecular weight is 350 g/mol. The topological polar surface area (TPSA) is 40.6 Å². The highest BCUT2D eigenvalue weighted by Crippen LogP contribution is 2.45. The summed E-state index contributed by atoms with van der Waals surface area (Å²) in [4.78, 5) is 27.7. The van der Waals surface area contributed by atoms with Gasteiger partial charge in [0.2, 0.25) is 11.8 Å². The molecule has 0 bridgehead atoms. The largest absolute Gasteiger partial charge is 0.345 e. The van der Waals surface area contributed by atoms with E-state index in [0.29, 0.717) is 19.4 Å². The summed E-state index contributed by atoms with van der Waals surface area (Å²) in [6, 6.07) is 7.75. The van der Waals surface area contributed by atoms with E-state index in [4.69, 9.17) is 0 Å². The molecule has 0 unspecified atom stereocenters. The maximum Gasteiger partial charge on any atom is 0.266 e. The Hall–Kier alpha value is -1.98. The zero-order valence-electron chi connectivity index (χ0n) is 14.7. The number of nitrogens with zero attached hydrogens (tertiary/aromatic N) is 2. The number of hydrogen-bond acceptors (Lipinski definition) is 2. The Labute approximate surface area is 146 Å². The van der Waals surface area contributed by atoms with Crippen molar-refractivity contribution in [3.8, 4) is 0 Å². The van der Waals surface area contributed by atoms with Gasteiger partial charge in [0, 0.05) is 33.0 Å². The van der Waals surface area contributed by atoms with Gasteiger partial charge in [-0.2, -0.15) is 0 Å². The maximum absolute atomic E-state index is 14.3. The Morgan fingerprint density at radius 1 is 1.24 bits per heavy atom. The molecular weight excluding hydrogens is 326 g/mol. The minimum atomic E-state index is -3.02. The van der Waals surface area contributed by atoms with E-state index in [9.17, 15) is 18.4 Å². The van der Waals surface area contributed by atoms with Crippen molar-refractivity contribution in [2.24, 2.45) is 5.41 Å². The highest BCUT2D eigenvalue weighted by Gasteiger charge is 2.56. The number of amides is 2. The van der Waals surface area contributed by atoms with Gasteiger partial charge in [0.15, 0.2) is 0 Å². The first-order chi connectivity index (χ1) is 11.7. The van der Waals surface area contributed by atoms with E-state index in [-0.39, 0.29) is 24.8 Å². The molecule has 2 aliphatic rings. The SMILES string of the molecule is Cc1ccccc1CCC(=O)N1CC(F)(F)C[C@@]2(CCN(C)C2=O)C1. The van der Waals surface area contributed by atoms with Crippen LogP contribution in [-0.4, -0.2) is 54.2 Å². The third-order valence-electron chi connectivity index (χ3n) is 5.46. The van der Waals surface area contributed by atoms with Crippen molar-refractivity contribution in [2.75, 3.05) is 26.7 Å². The van der Waals surface area contributed by atoms with Gasteiger partial charge in [-0.3, -0.25) is 9.59 Å². The van der Waals surface area contributed by atoms with Crippen LogP contribution in [0.2, 0.25) is 0 Å². The molecule has 1 spiro atoms. The summed E-state index contributed by atoms with van der Waals surface area (Å²) in [5, 5.41) is 0. The third-order valence-corrected chi connectivity index (χ3v) is 5.46. The van der Waals surface area contributed by atoms with Crippen LogP contribution in [0.25, 0.3) is 0 Å². The van der Waals surface area contributed by atoms with E-state index < -0.39 is 24.3 Å². The molecule has 0 saturated carbocycles. The van der Waals surface area contributed by atoms with Crippen LogP contribution in [0.3, 0.4) is 0 Å². The number of likely N-dealkylation sites (tertiary alicyclic amines) is 2. The predicted molar refractivity (Wildman–Crippen MR) is 90.3 cm³/mol. The molecule has 3 rings (SSSR count). The predicted octanol–water partition coefficient (Wildman–Crippen LogP) is 2.64. The smallest absolute Gasteiger partial charge is 0.266 e. The molecule has 136 valence electrons. The Bertz CT molecular complexity index is 692. The van der Waals surface area contributed by atoms with E-state index in [1.165, 1.54) is 9.80 Å². The van der Waals surface area contributed by atoms with Crippen molar-refractivity contribution in [3.05, 3.63) is 35.4 Å². The van der Waals surface area contributed by atoms with Crippen molar-refractivity contribution in [2.45, 2.75) is 38.5 Å². The summed E-state index contributed by atoms with van der Waals surface area (Å²) in [5.74, 6) is -3.58. The second-order valence-corrected chi connectivity index (χ2v) is 7.47. The molecule has 0 aliphatic carbocycles. The normalized spacial score (nSPS) is 25.7. The molecule has 0 N–H and O–H groups in total. The van der Waals surface area contributed by atoms with Crippen molar-refractivity contribution in [1.29, 1.82) is 0 Å². The number of piperidine rings is 1. The van der Waals surface area contributed by atoms with E-state index >= 15 is 0 Å². The van der Waals surface area contributed by atoms with Gasteiger partial charge in [-0.05, 0) is 30.9 Å². The molecule has 25 heavy (non-hydrogen) atoms. The lowest BCUT2D eigenvalue weighted by Gasteiger charge is -2.42. The number of carbonyl (C=O) groups excluding carboxylic acids is 2. The van der Waals surface area contributed by atoms with E-state index in [1.54, 1.807) is 7.05 Å². The lowest BCUT2D eigenvalue weighted by Crippen LogP contribution is -2.57. The molecular formula is C19H24F2N2O2. The lowest BCUT2D eigenvalue weighted by atomic mass is 9.77. The van der Waals surface area contributed by atoms with E-state index in [2.05, 4.69) is 0 Å². The Balaban J connectivity index is 1.71. The van der Waals surface area contributed by atoms with Crippen LogP contribution in [-0.2, 0) is 16.0 Å². The van der Waals surface area contributed by atoms with Crippen molar-refractivity contribution >= 4 is 11.8 Å². The monoisotopic (exact) mass is 350 g/mol. The summed E-state index contributed by atoms with van der Waals surface area (Å²) >= 11 is 0. The number of aryl methyl sites for hydroxylation is 2. The molecule has 0 radical (unpaired) electrons. The Kier molecular flexibility index (Phi) is 4.56. The van der Waals surface area contributed by atoms with Gasteiger partial charge in [0.1, 0.15) is 0 Å². The van der Waals surface area contributed by atoms with Crippen LogP contribution in [0.4, 0.5) is 8.78 Å². The number of rotatable bonds is 3. The average Bonchev–Trinajstić information content (AvgIpc) is 2.80. The van der Waals surface area contributed by atoms with E-state index in [0.717, 1.165) is 11.1 Å². The first-order valence-electron chi connectivity index (χ1n) is 8.68. The standard InChI is InChI=1S/C19H24F2N2O2/c1-14-5-3-4-6-15(14)7-8-16(24)23-12-18(11-19(20,21)13-23)9-10-22(2)17(18)25/h3-6H,7-13H2,1-2H3/t18-/m0/s1. The van der Waals surface area contributed by atoms with Crippen LogP contribution in [0.1, 0.15) is 30.4 Å². The lowest BCUT2D eigenvalue weighted by molar-refractivity contribution is -0.162. The zero-order chi connectivity index (χ0) is 18.2. The van der Waals surface area contributed by atoms with Crippen LogP contribution in [0, 0.1) is 12.3 Å². The zero-order valence-corrected chi connectivity index (χ0v) is 14.7. The Morgan fingerprint density at radius 2 is 1.96 bits per heavy atom. The number of halogens is 2. The fourth-order valence-electron chi connectivity index (χ4n) is 4.08. The fraction of sp³-hybridized carbons (Fsp3) is 0.579. The van der Waals surface area contributed by atoms with Crippen LogP contribution in [0.5, 0.6) is 0 Å². The summed E-state index contributed by atoms with van der Waals surface area (Å²) in [6.45, 7) is 1.97. The molecule has 0 aromatic heterocycles. The number of carbonyl (C=O) groups is 2. The first-order valence-corrected chi connectivity index (χ1v) is 8.68. The van der Waals surface area contributed by atoms with Gasteiger partial charge >= 0.3 is 0 Å². The minimum absolute atomic E-state index is 0.109.